The highest BCUT2D eigenvalue weighted by Crippen LogP contribution is 2.28. The molecule has 3 rings (SSSR count). The summed E-state index contributed by atoms with van der Waals surface area (Å²) < 4.78 is 5.63. The van der Waals surface area contributed by atoms with Crippen molar-refractivity contribution in [1.82, 2.24) is 14.7 Å². The molecule has 0 spiro atoms. The molecule has 1 aromatic rings. The van der Waals surface area contributed by atoms with E-state index < -0.39 is 13.6 Å². The first-order valence-corrected chi connectivity index (χ1v) is 14.8. The van der Waals surface area contributed by atoms with E-state index in [-0.39, 0.29) is 37.0 Å². The minimum Gasteiger partial charge on any atom is -0.361 e. The molecule has 0 aliphatic carbocycles. The van der Waals surface area contributed by atoms with Crippen LogP contribution in [0.1, 0.15) is 47.4 Å². The fourth-order valence-electron chi connectivity index (χ4n) is 3.92. The highest BCUT2D eigenvalue weighted by molar-refractivity contribution is 6.76. The van der Waals surface area contributed by atoms with Crippen molar-refractivity contribution in [3.8, 4) is 0 Å². The number of unbranched alkanes of at least 4 members (excludes halogenated alkanes) is 1. The molecule has 0 atom stereocenters. The third-order valence-corrected chi connectivity index (χ3v) is 7.72. The molecule has 0 N–H and O–H groups in total. The molecular weight excluding hydrogens is 426 g/mol. The summed E-state index contributed by atoms with van der Waals surface area (Å²) in [5.41, 5.74) is -0.0817. The number of amides is 5. The van der Waals surface area contributed by atoms with Crippen LogP contribution in [0.25, 0.3) is 0 Å². The first-order chi connectivity index (χ1) is 14.9. The van der Waals surface area contributed by atoms with Crippen LogP contribution in [0.5, 0.6) is 0 Å². The summed E-state index contributed by atoms with van der Waals surface area (Å²) in [6.07, 6.45) is 1.12. The summed E-state index contributed by atoms with van der Waals surface area (Å²) in [7, 11) is -1.25. The van der Waals surface area contributed by atoms with E-state index in [1.54, 1.807) is 43.0 Å². The molecule has 2 aliphatic rings. The molecule has 174 valence electrons. The number of nitrogens with zero attached hydrogens (tertiary/aromatic N) is 3. The first kappa shape index (κ1) is 24.1. The van der Waals surface area contributed by atoms with Crippen molar-refractivity contribution in [2.24, 2.45) is 0 Å². The van der Waals surface area contributed by atoms with Gasteiger partial charge in [-0.3, -0.25) is 19.3 Å². The number of rotatable bonds is 10. The maximum absolute atomic E-state index is 12.9. The Morgan fingerprint density at radius 3 is 2.00 bits per heavy atom. The van der Waals surface area contributed by atoms with Crippen LogP contribution in [0.3, 0.4) is 0 Å². The van der Waals surface area contributed by atoms with Gasteiger partial charge in [0.15, 0.2) is 0 Å². The van der Waals surface area contributed by atoms with Crippen molar-refractivity contribution in [3.05, 3.63) is 35.4 Å². The van der Waals surface area contributed by atoms with E-state index in [0.29, 0.717) is 37.1 Å². The molecule has 2 aliphatic heterocycles. The zero-order valence-electron chi connectivity index (χ0n) is 19.6. The summed E-state index contributed by atoms with van der Waals surface area (Å²) in [6, 6.07) is 7.42. The smallest absolute Gasteiger partial charge is 0.329 e. The van der Waals surface area contributed by atoms with Crippen molar-refractivity contribution < 1.29 is 23.9 Å². The van der Waals surface area contributed by atoms with Crippen molar-refractivity contribution >= 4 is 31.8 Å². The quantitative estimate of drug-likeness (QED) is 0.232. The Morgan fingerprint density at radius 2 is 1.44 bits per heavy atom. The second-order valence-corrected chi connectivity index (χ2v) is 15.7. The average molecular weight is 460 g/mol. The van der Waals surface area contributed by atoms with Crippen LogP contribution in [0, 0.1) is 0 Å². The molecule has 0 unspecified atom stereocenters. The third kappa shape index (κ3) is 4.78. The Hall–Kier alpha value is -2.52. The first-order valence-electron chi connectivity index (χ1n) is 11.1. The van der Waals surface area contributed by atoms with Crippen molar-refractivity contribution in [3.63, 3.8) is 0 Å². The molecule has 1 fully saturated rings. The average Bonchev–Trinajstić information content (AvgIpc) is 3.05. The van der Waals surface area contributed by atoms with Gasteiger partial charge in [-0.1, -0.05) is 31.8 Å². The lowest BCUT2D eigenvalue weighted by Crippen LogP contribution is -2.44. The molecule has 1 aromatic carbocycles. The van der Waals surface area contributed by atoms with Crippen molar-refractivity contribution in [2.75, 3.05) is 26.4 Å². The van der Waals surface area contributed by atoms with Crippen molar-refractivity contribution in [1.29, 1.82) is 0 Å². The van der Waals surface area contributed by atoms with Crippen LogP contribution in [-0.4, -0.2) is 78.5 Å². The largest absolute Gasteiger partial charge is 0.361 e. The predicted octanol–water partition coefficient (Wildman–Crippen LogP) is 3.42. The van der Waals surface area contributed by atoms with Gasteiger partial charge in [0, 0.05) is 27.8 Å². The van der Waals surface area contributed by atoms with Crippen LogP contribution in [-0.2, 0) is 9.53 Å². The maximum Gasteiger partial charge on any atom is 0.329 e. The van der Waals surface area contributed by atoms with E-state index in [2.05, 4.69) is 19.6 Å². The second kappa shape index (κ2) is 9.15. The van der Waals surface area contributed by atoms with Gasteiger partial charge in [0.25, 0.3) is 17.7 Å². The molecule has 1 saturated heterocycles. The summed E-state index contributed by atoms with van der Waals surface area (Å²) in [4.78, 5) is 54.6. The van der Waals surface area contributed by atoms with Crippen LogP contribution in [0.4, 0.5) is 4.79 Å². The lowest BCUT2D eigenvalue weighted by molar-refractivity contribution is -0.135. The van der Waals surface area contributed by atoms with Gasteiger partial charge in [-0.05, 0) is 44.9 Å². The molecule has 32 heavy (non-hydrogen) atoms. The number of urea groups is 1. The molecule has 9 heteroatoms. The number of hydrogen-bond acceptors (Lipinski definition) is 5. The fraction of sp³-hybridized carbons (Fsp3) is 0.565. The monoisotopic (exact) mass is 459 g/mol. The summed E-state index contributed by atoms with van der Waals surface area (Å²) in [5, 5.41) is 0. The number of imide groups is 2. The molecule has 0 bridgehead atoms. The molecule has 8 nitrogen and oxygen atoms in total. The highest BCUT2D eigenvalue weighted by atomic mass is 28.3. The summed E-state index contributed by atoms with van der Waals surface area (Å²) >= 11 is 0. The zero-order chi connectivity index (χ0) is 23.7. The zero-order valence-corrected chi connectivity index (χ0v) is 20.6. The SMILES string of the molecule is CC1(C)C(=O)N(COCC[Si](C)(C)C)C(=O)N1CCCCN1C(=O)c2ccccc2C1=O. The molecule has 0 aromatic heterocycles. The van der Waals surface area contributed by atoms with E-state index in [9.17, 15) is 19.2 Å². The molecule has 0 radical (unpaired) electrons. The number of fused-ring (bicyclic) bond motifs is 1. The maximum atomic E-state index is 12.9. The minimum absolute atomic E-state index is 0.0306. The van der Waals surface area contributed by atoms with Crippen LogP contribution in [0.2, 0.25) is 25.7 Å². The van der Waals surface area contributed by atoms with Crippen LogP contribution in [0.15, 0.2) is 24.3 Å². The number of hydrogen-bond donors (Lipinski definition) is 0. The molecule has 0 saturated carbocycles. The Balaban J connectivity index is 1.50. The van der Waals surface area contributed by atoms with Gasteiger partial charge in [0.05, 0.1) is 11.1 Å². The van der Waals surface area contributed by atoms with Crippen molar-refractivity contribution in [2.45, 2.75) is 57.9 Å². The number of benzene rings is 1. The van der Waals surface area contributed by atoms with E-state index in [1.807, 2.05) is 0 Å². The summed E-state index contributed by atoms with van der Waals surface area (Å²) in [6.45, 7) is 11.4. The Kier molecular flexibility index (Phi) is 6.90. The topological polar surface area (TPSA) is 87.2 Å². The van der Waals surface area contributed by atoms with E-state index in [0.717, 1.165) is 6.04 Å². The van der Waals surface area contributed by atoms with E-state index in [4.69, 9.17) is 4.74 Å². The lowest BCUT2D eigenvalue weighted by Gasteiger charge is -2.28. The van der Waals surface area contributed by atoms with E-state index in [1.165, 1.54) is 9.80 Å². The summed E-state index contributed by atoms with van der Waals surface area (Å²) in [5.74, 6) is -0.823. The van der Waals surface area contributed by atoms with Gasteiger partial charge in [-0.2, -0.15) is 0 Å². The van der Waals surface area contributed by atoms with Gasteiger partial charge < -0.3 is 9.64 Å². The van der Waals surface area contributed by atoms with Crippen LogP contribution >= 0.6 is 0 Å². The highest BCUT2D eigenvalue weighted by Gasteiger charge is 2.50. The van der Waals surface area contributed by atoms with E-state index >= 15 is 0 Å². The normalized spacial score (nSPS) is 18.2. The number of carbonyl (C=O) groups is 4. The van der Waals surface area contributed by atoms with Gasteiger partial charge in [-0.25, -0.2) is 9.69 Å². The molecule has 5 amide bonds. The fourth-order valence-corrected chi connectivity index (χ4v) is 4.68. The number of carbonyl (C=O) groups excluding carboxylic acids is 4. The minimum atomic E-state index is -1.25. The van der Waals surface area contributed by atoms with Crippen LogP contribution < -0.4 is 0 Å². The molecule has 2 heterocycles. The Labute approximate surface area is 190 Å². The molecular formula is C23H33N3O5Si. The number of ether oxygens (including phenoxy) is 1. The van der Waals surface area contributed by atoms with Gasteiger partial charge in [-0.15, -0.1) is 0 Å². The third-order valence-electron chi connectivity index (χ3n) is 6.01. The Morgan fingerprint density at radius 1 is 0.875 bits per heavy atom. The van der Waals surface area contributed by atoms with Gasteiger partial charge in [0.1, 0.15) is 12.3 Å². The lowest BCUT2D eigenvalue weighted by atomic mass is 10.0. The Bertz CT molecular complexity index is 889. The standard InChI is InChI=1S/C23H33N3O5Si/c1-23(2)21(29)25(16-31-14-15-32(3,4)5)22(30)26(23)13-9-8-12-24-19(27)17-10-6-7-11-18(17)20(24)28/h6-7,10-11H,8-9,12-16H2,1-5H3. The second-order valence-electron chi connectivity index (χ2n) is 10.1. The van der Waals surface area contributed by atoms with Gasteiger partial charge in [0.2, 0.25) is 0 Å². The predicted molar refractivity (Wildman–Crippen MR) is 123 cm³/mol. The van der Waals surface area contributed by atoms with Gasteiger partial charge >= 0.3 is 6.03 Å².